The molecule has 1 aliphatic rings. The summed E-state index contributed by atoms with van der Waals surface area (Å²) >= 11 is 0. The van der Waals surface area contributed by atoms with E-state index in [1.807, 2.05) is 6.07 Å². The smallest absolute Gasteiger partial charge is 0.191 e. The highest BCUT2D eigenvalue weighted by Crippen LogP contribution is 2.11. The van der Waals surface area contributed by atoms with Gasteiger partial charge in [-0.25, -0.2) is 0 Å². The van der Waals surface area contributed by atoms with Crippen molar-refractivity contribution in [1.29, 1.82) is 0 Å². The van der Waals surface area contributed by atoms with E-state index in [-0.39, 0.29) is 0 Å². The minimum Gasteiger partial charge on any atom is -0.472 e. The number of ether oxygens (including phenoxy) is 1. The zero-order chi connectivity index (χ0) is 12.6. The summed E-state index contributed by atoms with van der Waals surface area (Å²) in [6.45, 7) is 2.40. The molecule has 1 aromatic rings. The van der Waals surface area contributed by atoms with Crippen LogP contribution >= 0.6 is 0 Å². The van der Waals surface area contributed by atoms with Crippen LogP contribution in [0.5, 0.6) is 0 Å². The van der Waals surface area contributed by atoms with Crippen molar-refractivity contribution in [2.45, 2.75) is 31.9 Å². The fourth-order valence-corrected chi connectivity index (χ4v) is 1.98. The maximum atomic E-state index is 5.66. The van der Waals surface area contributed by atoms with E-state index < -0.39 is 0 Å². The SMILES string of the molecule is CN=C(NCc1ccoc1)NCC1CCCCO1. The molecule has 2 heterocycles. The van der Waals surface area contributed by atoms with Gasteiger partial charge in [0.15, 0.2) is 5.96 Å². The first-order chi connectivity index (χ1) is 8.88. The molecule has 0 bridgehead atoms. The Morgan fingerprint density at radius 3 is 3.06 bits per heavy atom. The average molecular weight is 251 g/mol. The molecule has 2 rings (SSSR count). The molecule has 100 valence electrons. The molecule has 0 aliphatic carbocycles. The first kappa shape index (κ1) is 13.0. The second-order valence-electron chi connectivity index (χ2n) is 4.43. The minimum atomic E-state index is 0.311. The van der Waals surface area contributed by atoms with E-state index >= 15 is 0 Å². The van der Waals surface area contributed by atoms with Gasteiger partial charge in [0.1, 0.15) is 0 Å². The van der Waals surface area contributed by atoms with Gasteiger partial charge in [0.2, 0.25) is 0 Å². The van der Waals surface area contributed by atoms with E-state index in [4.69, 9.17) is 9.15 Å². The number of hydrogen-bond acceptors (Lipinski definition) is 3. The molecule has 2 N–H and O–H groups in total. The molecule has 1 aliphatic heterocycles. The predicted octanol–water partition coefficient (Wildman–Crippen LogP) is 1.51. The molecule has 1 unspecified atom stereocenters. The minimum absolute atomic E-state index is 0.311. The zero-order valence-electron chi connectivity index (χ0n) is 10.8. The standard InChI is InChI=1S/C13H21N3O2/c1-14-13(15-8-11-5-7-17-10-11)16-9-12-4-2-3-6-18-12/h5,7,10,12H,2-4,6,8-9H2,1H3,(H2,14,15,16). The van der Waals surface area contributed by atoms with Crippen molar-refractivity contribution in [2.75, 3.05) is 20.2 Å². The second-order valence-corrected chi connectivity index (χ2v) is 4.43. The van der Waals surface area contributed by atoms with Crippen molar-refractivity contribution < 1.29 is 9.15 Å². The van der Waals surface area contributed by atoms with Crippen LogP contribution < -0.4 is 10.6 Å². The largest absolute Gasteiger partial charge is 0.472 e. The number of nitrogens with zero attached hydrogens (tertiary/aromatic N) is 1. The number of aliphatic imine (C=N–C) groups is 1. The monoisotopic (exact) mass is 251 g/mol. The number of furan rings is 1. The van der Waals surface area contributed by atoms with Gasteiger partial charge in [-0.2, -0.15) is 0 Å². The Balaban J connectivity index is 1.68. The van der Waals surface area contributed by atoms with Crippen LogP contribution in [0.4, 0.5) is 0 Å². The molecule has 1 aromatic heterocycles. The first-order valence-electron chi connectivity index (χ1n) is 6.45. The van der Waals surface area contributed by atoms with Gasteiger partial charge in [0, 0.05) is 32.3 Å². The lowest BCUT2D eigenvalue weighted by Crippen LogP contribution is -2.42. The van der Waals surface area contributed by atoms with E-state index in [2.05, 4.69) is 15.6 Å². The van der Waals surface area contributed by atoms with Gasteiger partial charge in [0.25, 0.3) is 0 Å². The first-order valence-corrected chi connectivity index (χ1v) is 6.45. The third-order valence-corrected chi connectivity index (χ3v) is 3.03. The number of rotatable bonds is 4. The van der Waals surface area contributed by atoms with Crippen LogP contribution in [0, 0.1) is 0 Å². The van der Waals surface area contributed by atoms with Crippen LogP contribution in [-0.4, -0.2) is 32.3 Å². The third kappa shape index (κ3) is 4.07. The molecule has 0 amide bonds. The van der Waals surface area contributed by atoms with Gasteiger partial charge in [-0.05, 0) is 25.3 Å². The molecule has 0 radical (unpaired) electrons. The van der Waals surface area contributed by atoms with Gasteiger partial charge < -0.3 is 19.8 Å². The van der Waals surface area contributed by atoms with Crippen molar-refractivity contribution >= 4 is 5.96 Å². The summed E-state index contributed by atoms with van der Waals surface area (Å²) in [5.41, 5.74) is 1.10. The molecule has 1 saturated heterocycles. The Kier molecular flexibility index (Phi) is 5.08. The highest BCUT2D eigenvalue weighted by molar-refractivity contribution is 5.79. The molecule has 5 nitrogen and oxygen atoms in total. The van der Waals surface area contributed by atoms with Crippen LogP contribution in [0.25, 0.3) is 0 Å². The van der Waals surface area contributed by atoms with E-state index in [1.165, 1.54) is 12.8 Å². The summed E-state index contributed by atoms with van der Waals surface area (Å²) in [7, 11) is 1.77. The topological polar surface area (TPSA) is 58.8 Å². The normalized spacial score (nSPS) is 20.7. The van der Waals surface area contributed by atoms with Gasteiger partial charge in [-0.3, -0.25) is 4.99 Å². The molecule has 18 heavy (non-hydrogen) atoms. The highest BCUT2D eigenvalue weighted by Gasteiger charge is 2.13. The van der Waals surface area contributed by atoms with Crippen molar-refractivity contribution in [3.05, 3.63) is 24.2 Å². The van der Waals surface area contributed by atoms with Gasteiger partial charge in [-0.1, -0.05) is 0 Å². The van der Waals surface area contributed by atoms with E-state index in [0.717, 1.165) is 31.1 Å². The molecule has 0 spiro atoms. The zero-order valence-corrected chi connectivity index (χ0v) is 10.8. The molecule has 0 saturated carbocycles. The summed E-state index contributed by atoms with van der Waals surface area (Å²) in [6, 6.07) is 1.94. The number of nitrogens with one attached hydrogen (secondary N) is 2. The summed E-state index contributed by atoms with van der Waals surface area (Å²) < 4.78 is 10.7. The lowest BCUT2D eigenvalue weighted by atomic mass is 10.1. The number of hydrogen-bond donors (Lipinski definition) is 2. The van der Waals surface area contributed by atoms with Crippen LogP contribution in [0.2, 0.25) is 0 Å². The third-order valence-electron chi connectivity index (χ3n) is 3.03. The van der Waals surface area contributed by atoms with Crippen molar-refractivity contribution in [3.63, 3.8) is 0 Å². The molecule has 1 fully saturated rings. The molecule has 5 heteroatoms. The molecular weight excluding hydrogens is 230 g/mol. The fourth-order valence-electron chi connectivity index (χ4n) is 1.98. The summed E-state index contributed by atoms with van der Waals surface area (Å²) in [6.07, 6.45) is 7.28. The Hall–Kier alpha value is -1.49. The van der Waals surface area contributed by atoms with Crippen molar-refractivity contribution in [3.8, 4) is 0 Å². The fraction of sp³-hybridized carbons (Fsp3) is 0.615. The highest BCUT2D eigenvalue weighted by atomic mass is 16.5. The Bertz CT molecular complexity index is 356. The Morgan fingerprint density at radius 2 is 2.39 bits per heavy atom. The van der Waals surface area contributed by atoms with Crippen molar-refractivity contribution in [1.82, 2.24) is 10.6 Å². The molecule has 1 atom stereocenters. The van der Waals surface area contributed by atoms with Crippen molar-refractivity contribution in [2.24, 2.45) is 4.99 Å². The van der Waals surface area contributed by atoms with Crippen LogP contribution in [0.3, 0.4) is 0 Å². The summed E-state index contributed by atoms with van der Waals surface area (Å²) in [5.74, 6) is 0.797. The van der Waals surface area contributed by atoms with E-state index in [9.17, 15) is 0 Å². The Morgan fingerprint density at radius 1 is 1.44 bits per heavy atom. The lowest BCUT2D eigenvalue weighted by Gasteiger charge is -2.23. The maximum Gasteiger partial charge on any atom is 0.191 e. The van der Waals surface area contributed by atoms with Crippen LogP contribution in [0.1, 0.15) is 24.8 Å². The Labute approximate surface area is 108 Å². The molecule has 0 aromatic carbocycles. The van der Waals surface area contributed by atoms with Gasteiger partial charge >= 0.3 is 0 Å². The second kappa shape index (κ2) is 7.06. The predicted molar refractivity (Wildman–Crippen MR) is 70.5 cm³/mol. The van der Waals surface area contributed by atoms with Gasteiger partial charge in [-0.15, -0.1) is 0 Å². The summed E-state index contributed by atoms with van der Waals surface area (Å²) in [4.78, 5) is 4.18. The van der Waals surface area contributed by atoms with Gasteiger partial charge in [0.05, 0.1) is 18.6 Å². The lowest BCUT2D eigenvalue weighted by molar-refractivity contribution is 0.0194. The summed E-state index contributed by atoms with van der Waals surface area (Å²) in [5, 5.41) is 6.52. The average Bonchev–Trinajstić information content (AvgIpc) is 2.93. The van der Waals surface area contributed by atoms with Crippen LogP contribution in [-0.2, 0) is 11.3 Å². The van der Waals surface area contributed by atoms with Crippen LogP contribution in [0.15, 0.2) is 28.0 Å². The van der Waals surface area contributed by atoms with E-state index in [1.54, 1.807) is 19.6 Å². The quantitative estimate of drug-likeness (QED) is 0.629. The van der Waals surface area contributed by atoms with E-state index in [0.29, 0.717) is 12.6 Å². The number of guanidine groups is 1. The maximum absolute atomic E-state index is 5.66. The molecular formula is C13H21N3O2.